The van der Waals surface area contributed by atoms with Gasteiger partial charge in [0.25, 0.3) is 0 Å². The van der Waals surface area contributed by atoms with Crippen LogP contribution in [0, 0.1) is 0 Å². The minimum atomic E-state index is -0.0313. The Labute approximate surface area is 91.5 Å². The van der Waals surface area contributed by atoms with Crippen molar-refractivity contribution >= 4 is 23.1 Å². The van der Waals surface area contributed by atoms with Crippen molar-refractivity contribution in [1.82, 2.24) is 9.78 Å². The highest BCUT2D eigenvalue weighted by Gasteiger charge is 2.05. The number of carbonyl (C=O) groups is 1. The van der Waals surface area contributed by atoms with Crippen LogP contribution in [0.5, 0.6) is 0 Å². The average Bonchev–Trinajstić information content (AvgIpc) is 2.77. The number of nitrogens with zero attached hydrogens (tertiary/aromatic N) is 2. The monoisotopic (exact) mass is 221 g/mol. The number of anilines is 1. The van der Waals surface area contributed by atoms with Crippen LogP contribution >= 0.6 is 11.3 Å². The molecule has 5 heteroatoms. The van der Waals surface area contributed by atoms with E-state index in [0.29, 0.717) is 12.2 Å². The van der Waals surface area contributed by atoms with Gasteiger partial charge in [-0.25, -0.2) is 0 Å². The molecule has 0 bridgehead atoms. The van der Waals surface area contributed by atoms with E-state index in [1.54, 1.807) is 28.3 Å². The summed E-state index contributed by atoms with van der Waals surface area (Å²) in [5.74, 6) is 0.565. The molecule has 0 atom stereocenters. The van der Waals surface area contributed by atoms with Gasteiger partial charge >= 0.3 is 0 Å². The van der Waals surface area contributed by atoms with Gasteiger partial charge in [-0.3, -0.25) is 9.48 Å². The second-order valence-electron chi connectivity index (χ2n) is 3.18. The normalized spacial score (nSPS) is 10.2. The van der Waals surface area contributed by atoms with Crippen molar-refractivity contribution in [3.63, 3.8) is 0 Å². The minimum Gasteiger partial charge on any atom is -0.309 e. The Morgan fingerprint density at radius 2 is 2.47 bits per heavy atom. The number of thiophene rings is 1. The summed E-state index contributed by atoms with van der Waals surface area (Å²) < 4.78 is 1.65. The molecular weight excluding hydrogens is 210 g/mol. The third-order valence-electron chi connectivity index (χ3n) is 1.90. The molecule has 1 amide bonds. The zero-order chi connectivity index (χ0) is 10.7. The first-order chi connectivity index (χ1) is 7.24. The van der Waals surface area contributed by atoms with Gasteiger partial charge in [0.1, 0.15) is 0 Å². The fraction of sp³-hybridized carbons (Fsp3) is 0.200. The van der Waals surface area contributed by atoms with Crippen molar-refractivity contribution in [3.8, 4) is 0 Å². The lowest BCUT2D eigenvalue weighted by atomic mass is 10.3. The van der Waals surface area contributed by atoms with E-state index in [-0.39, 0.29) is 5.91 Å². The molecule has 0 aliphatic carbocycles. The molecule has 2 heterocycles. The lowest BCUT2D eigenvalue weighted by molar-refractivity contribution is -0.115. The van der Waals surface area contributed by atoms with E-state index in [1.165, 1.54) is 0 Å². The maximum absolute atomic E-state index is 11.5. The van der Waals surface area contributed by atoms with E-state index in [1.807, 2.05) is 24.6 Å². The van der Waals surface area contributed by atoms with Crippen LogP contribution in [0.1, 0.15) is 4.88 Å². The van der Waals surface area contributed by atoms with Crippen molar-refractivity contribution in [3.05, 3.63) is 34.7 Å². The number of hydrogen-bond donors (Lipinski definition) is 1. The Kier molecular flexibility index (Phi) is 2.82. The number of aryl methyl sites for hydroxylation is 1. The van der Waals surface area contributed by atoms with Crippen molar-refractivity contribution in [2.45, 2.75) is 6.42 Å². The lowest BCUT2D eigenvalue weighted by Gasteiger charge is -1.99. The molecule has 2 aromatic heterocycles. The highest BCUT2D eigenvalue weighted by Crippen LogP contribution is 2.10. The maximum atomic E-state index is 11.5. The molecule has 0 aliphatic heterocycles. The van der Waals surface area contributed by atoms with Crippen LogP contribution in [0.15, 0.2) is 29.8 Å². The summed E-state index contributed by atoms with van der Waals surface area (Å²) in [7, 11) is 1.81. The predicted octanol–water partition coefficient (Wildman–Crippen LogP) is 1.66. The number of nitrogens with one attached hydrogen (secondary N) is 1. The Balaban J connectivity index is 1.93. The summed E-state index contributed by atoms with van der Waals surface area (Å²) in [6, 6.07) is 5.66. The molecule has 2 rings (SSSR count). The van der Waals surface area contributed by atoms with E-state index < -0.39 is 0 Å². The third-order valence-corrected chi connectivity index (χ3v) is 2.77. The number of aromatic nitrogens is 2. The second-order valence-corrected chi connectivity index (χ2v) is 4.21. The molecule has 15 heavy (non-hydrogen) atoms. The first-order valence-corrected chi connectivity index (χ1v) is 5.44. The third kappa shape index (κ3) is 2.66. The van der Waals surface area contributed by atoms with Crippen LogP contribution in [0.4, 0.5) is 5.82 Å². The Morgan fingerprint density at radius 3 is 3.07 bits per heavy atom. The first-order valence-electron chi connectivity index (χ1n) is 4.56. The van der Waals surface area contributed by atoms with Gasteiger partial charge in [-0.05, 0) is 11.4 Å². The summed E-state index contributed by atoms with van der Waals surface area (Å²) in [4.78, 5) is 12.6. The summed E-state index contributed by atoms with van der Waals surface area (Å²) in [5, 5.41) is 8.77. The van der Waals surface area contributed by atoms with Gasteiger partial charge in [-0.1, -0.05) is 6.07 Å². The topological polar surface area (TPSA) is 46.9 Å². The van der Waals surface area contributed by atoms with Gasteiger partial charge in [0.2, 0.25) is 5.91 Å². The van der Waals surface area contributed by atoms with Crippen LogP contribution in [-0.4, -0.2) is 15.7 Å². The molecule has 0 saturated heterocycles. The highest BCUT2D eigenvalue weighted by atomic mass is 32.1. The number of carbonyl (C=O) groups excluding carboxylic acids is 1. The molecular formula is C10H11N3OS. The largest absolute Gasteiger partial charge is 0.309 e. The molecule has 0 radical (unpaired) electrons. The molecule has 0 unspecified atom stereocenters. The summed E-state index contributed by atoms with van der Waals surface area (Å²) in [5.41, 5.74) is 0. The zero-order valence-corrected chi connectivity index (χ0v) is 9.12. The summed E-state index contributed by atoms with van der Waals surface area (Å²) in [6.45, 7) is 0. The SMILES string of the molecule is Cn1ccc(NC(=O)Cc2cccs2)n1. The Bertz CT molecular complexity index is 447. The number of hydrogen-bond acceptors (Lipinski definition) is 3. The fourth-order valence-corrected chi connectivity index (χ4v) is 1.94. The van der Waals surface area contributed by atoms with Crippen LogP contribution < -0.4 is 5.32 Å². The fourth-order valence-electron chi connectivity index (χ4n) is 1.24. The van der Waals surface area contributed by atoms with E-state index in [4.69, 9.17) is 0 Å². The molecule has 2 aromatic rings. The number of amides is 1. The highest BCUT2D eigenvalue weighted by molar-refractivity contribution is 7.10. The quantitative estimate of drug-likeness (QED) is 0.856. The van der Waals surface area contributed by atoms with Gasteiger partial charge in [0.05, 0.1) is 6.42 Å². The van der Waals surface area contributed by atoms with Crippen molar-refractivity contribution in [1.29, 1.82) is 0 Å². The molecule has 0 aliphatic rings. The van der Waals surface area contributed by atoms with Gasteiger partial charge in [0, 0.05) is 24.2 Å². The minimum absolute atomic E-state index is 0.0313. The van der Waals surface area contributed by atoms with Crippen LogP contribution in [0.2, 0.25) is 0 Å². The summed E-state index contributed by atoms with van der Waals surface area (Å²) in [6.07, 6.45) is 2.20. The van der Waals surface area contributed by atoms with E-state index in [9.17, 15) is 4.79 Å². The van der Waals surface area contributed by atoms with Crippen molar-refractivity contribution < 1.29 is 4.79 Å². The van der Waals surface area contributed by atoms with Gasteiger partial charge in [-0.2, -0.15) is 5.10 Å². The Hall–Kier alpha value is -1.62. The lowest BCUT2D eigenvalue weighted by Crippen LogP contribution is -2.14. The van der Waals surface area contributed by atoms with E-state index in [0.717, 1.165) is 4.88 Å². The molecule has 1 N–H and O–H groups in total. The van der Waals surface area contributed by atoms with Crippen LogP contribution in [0.25, 0.3) is 0 Å². The van der Waals surface area contributed by atoms with Crippen molar-refractivity contribution in [2.24, 2.45) is 7.05 Å². The zero-order valence-electron chi connectivity index (χ0n) is 8.30. The standard InChI is InChI=1S/C10H11N3OS/c1-13-5-4-9(12-13)11-10(14)7-8-3-2-6-15-8/h2-6H,7H2,1H3,(H,11,12,14). The number of rotatable bonds is 3. The smallest absolute Gasteiger partial charge is 0.230 e. The molecule has 4 nitrogen and oxygen atoms in total. The summed E-state index contributed by atoms with van der Waals surface area (Å²) >= 11 is 1.58. The maximum Gasteiger partial charge on any atom is 0.230 e. The second kappa shape index (κ2) is 4.27. The van der Waals surface area contributed by atoms with Gasteiger partial charge in [-0.15, -0.1) is 11.3 Å². The first kappa shape index (κ1) is 9.92. The van der Waals surface area contributed by atoms with Crippen LogP contribution in [-0.2, 0) is 18.3 Å². The Morgan fingerprint density at radius 1 is 1.60 bits per heavy atom. The predicted molar refractivity (Wildman–Crippen MR) is 59.9 cm³/mol. The average molecular weight is 221 g/mol. The molecule has 0 fully saturated rings. The van der Waals surface area contributed by atoms with Crippen LogP contribution in [0.3, 0.4) is 0 Å². The molecule has 0 saturated carbocycles. The van der Waals surface area contributed by atoms with Crippen molar-refractivity contribution in [2.75, 3.05) is 5.32 Å². The van der Waals surface area contributed by atoms with E-state index >= 15 is 0 Å². The van der Waals surface area contributed by atoms with Gasteiger partial charge in [0.15, 0.2) is 5.82 Å². The molecule has 0 spiro atoms. The molecule has 78 valence electrons. The van der Waals surface area contributed by atoms with Gasteiger partial charge < -0.3 is 5.32 Å². The molecule has 0 aromatic carbocycles. The van der Waals surface area contributed by atoms with E-state index in [2.05, 4.69) is 10.4 Å².